The zero-order chi connectivity index (χ0) is 13.5. The lowest BCUT2D eigenvalue weighted by atomic mass is 9.88. The van der Waals surface area contributed by atoms with Crippen molar-refractivity contribution in [3.63, 3.8) is 0 Å². The van der Waals surface area contributed by atoms with Crippen molar-refractivity contribution in [1.29, 1.82) is 0 Å². The molecule has 0 amide bonds. The third-order valence-electron chi connectivity index (χ3n) is 3.33. The Hall–Kier alpha value is -1.97. The van der Waals surface area contributed by atoms with Crippen molar-refractivity contribution in [3.8, 4) is 0 Å². The third-order valence-corrected chi connectivity index (χ3v) is 3.33. The summed E-state index contributed by atoms with van der Waals surface area (Å²) in [6, 6.07) is 8.02. The first-order valence-corrected chi connectivity index (χ1v) is 6.47. The van der Waals surface area contributed by atoms with Crippen molar-refractivity contribution in [2.45, 2.75) is 26.8 Å². The number of ether oxygens (including phenoxy) is 1. The van der Waals surface area contributed by atoms with Crippen molar-refractivity contribution < 1.29 is 4.74 Å². The summed E-state index contributed by atoms with van der Waals surface area (Å²) < 4.78 is 5.69. The fourth-order valence-electron chi connectivity index (χ4n) is 2.03. The molecule has 3 rings (SSSR count). The van der Waals surface area contributed by atoms with E-state index < -0.39 is 0 Å². The lowest BCUT2D eigenvalue weighted by molar-refractivity contribution is 0.235. The highest BCUT2D eigenvalue weighted by atomic mass is 16.5. The molecule has 2 aromatic heterocycles. The summed E-state index contributed by atoms with van der Waals surface area (Å²) in [6.45, 7) is 7.13. The molecule has 0 bridgehead atoms. The number of nitrogens with zero attached hydrogens (tertiary/aromatic N) is 3. The standard InChI is InChI=1S/C15H17N3O/c1-15(2,3)12-9-19-14(18-12)11-7-6-10-5-4-8-16-13(10)17-11/h4-8,12H,9H2,1-3H3. The van der Waals surface area contributed by atoms with Gasteiger partial charge in [0.05, 0.1) is 6.04 Å². The molecule has 0 spiro atoms. The molecule has 1 unspecified atom stereocenters. The van der Waals surface area contributed by atoms with Crippen LogP contribution in [0.1, 0.15) is 26.5 Å². The smallest absolute Gasteiger partial charge is 0.235 e. The van der Waals surface area contributed by atoms with Crippen LogP contribution in [-0.4, -0.2) is 28.5 Å². The molecular weight excluding hydrogens is 238 g/mol. The number of aliphatic imine (C=N–C) groups is 1. The number of rotatable bonds is 1. The Kier molecular flexibility index (Phi) is 2.73. The highest BCUT2D eigenvalue weighted by Gasteiger charge is 2.31. The van der Waals surface area contributed by atoms with E-state index in [1.165, 1.54) is 0 Å². The maximum absolute atomic E-state index is 5.69. The van der Waals surface area contributed by atoms with Crippen LogP contribution in [0.5, 0.6) is 0 Å². The fraction of sp³-hybridized carbons (Fsp3) is 0.400. The van der Waals surface area contributed by atoms with Gasteiger partial charge >= 0.3 is 0 Å². The molecule has 0 aliphatic carbocycles. The molecule has 4 nitrogen and oxygen atoms in total. The van der Waals surface area contributed by atoms with Crippen LogP contribution in [0.3, 0.4) is 0 Å². The lowest BCUT2D eigenvalue weighted by Gasteiger charge is -2.21. The minimum atomic E-state index is 0.108. The zero-order valence-electron chi connectivity index (χ0n) is 11.4. The number of hydrogen-bond donors (Lipinski definition) is 0. The van der Waals surface area contributed by atoms with Crippen LogP contribution in [0, 0.1) is 5.41 Å². The van der Waals surface area contributed by atoms with Gasteiger partial charge in [0.25, 0.3) is 0 Å². The SMILES string of the molecule is CC(C)(C)C1COC(c2ccc3cccnc3n2)=N1. The number of pyridine rings is 2. The Morgan fingerprint density at radius 2 is 2.05 bits per heavy atom. The van der Waals surface area contributed by atoms with Gasteiger partial charge in [-0.25, -0.2) is 15.0 Å². The van der Waals surface area contributed by atoms with E-state index in [-0.39, 0.29) is 11.5 Å². The summed E-state index contributed by atoms with van der Waals surface area (Å²) in [5, 5.41) is 1.03. The fourth-order valence-corrected chi connectivity index (χ4v) is 2.03. The molecule has 19 heavy (non-hydrogen) atoms. The largest absolute Gasteiger partial charge is 0.474 e. The summed E-state index contributed by atoms with van der Waals surface area (Å²) in [5.74, 6) is 0.632. The molecule has 0 saturated heterocycles. The van der Waals surface area contributed by atoms with Gasteiger partial charge in [0.15, 0.2) is 5.65 Å². The number of fused-ring (bicyclic) bond motifs is 1. The summed E-state index contributed by atoms with van der Waals surface area (Å²) in [7, 11) is 0. The molecule has 2 aromatic rings. The van der Waals surface area contributed by atoms with E-state index in [9.17, 15) is 0 Å². The van der Waals surface area contributed by atoms with Crippen LogP contribution in [0.2, 0.25) is 0 Å². The average molecular weight is 255 g/mol. The molecule has 4 heteroatoms. The van der Waals surface area contributed by atoms with Gasteiger partial charge in [-0.15, -0.1) is 0 Å². The first-order chi connectivity index (χ1) is 9.04. The third kappa shape index (κ3) is 2.30. The molecule has 1 atom stereocenters. The lowest BCUT2D eigenvalue weighted by Crippen LogP contribution is -2.25. The van der Waals surface area contributed by atoms with Crippen LogP contribution in [0.25, 0.3) is 11.0 Å². The van der Waals surface area contributed by atoms with E-state index >= 15 is 0 Å². The van der Waals surface area contributed by atoms with Gasteiger partial charge in [-0.05, 0) is 29.7 Å². The second-order valence-electron chi connectivity index (χ2n) is 5.87. The molecule has 1 aliphatic rings. The topological polar surface area (TPSA) is 47.4 Å². The molecule has 3 heterocycles. The molecule has 98 valence electrons. The predicted octanol–water partition coefficient (Wildman–Crippen LogP) is 2.82. The van der Waals surface area contributed by atoms with Gasteiger partial charge in [0.2, 0.25) is 5.90 Å². The molecule has 0 radical (unpaired) electrons. The maximum Gasteiger partial charge on any atom is 0.235 e. The average Bonchev–Trinajstić information content (AvgIpc) is 2.87. The van der Waals surface area contributed by atoms with Crippen molar-refractivity contribution in [2.24, 2.45) is 10.4 Å². The highest BCUT2D eigenvalue weighted by Crippen LogP contribution is 2.27. The minimum Gasteiger partial charge on any atom is -0.474 e. The number of hydrogen-bond acceptors (Lipinski definition) is 4. The maximum atomic E-state index is 5.69. The van der Waals surface area contributed by atoms with Gasteiger partial charge in [-0.2, -0.15) is 0 Å². The highest BCUT2D eigenvalue weighted by molar-refractivity contribution is 5.95. The molecule has 0 aromatic carbocycles. The first-order valence-electron chi connectivity index (χ1n) is 6.47. The molecule has 0 saturated carbocycles. The summed E-state index contributed by atoms with van der Waals surface area (Å²) in [6.07, 6.45) is 1.74. The first kappa shape index (κ1) is 12.1. The van der Waals surface area contributed by atoms with Gasteiger partial charge < -0.3 is 4.74 Å². The normalized spacial score (nSPS) is 19.3. The predicted molar refractivity (Wildman–Crippen MR) is 75.3 cm³/mol. The van der Waals surface area contributed by atoms with Crippen LogP contribution >= 0.6 is 0 Å². The van der Waals surface area contributed by atoms with Crippen molar-refractivity contribution >= 4 is 16.9 Å². The summed E-state index contributed by atoms with van der Waals surface area (Å²) in [5.41, 5.74) is 1.60. The number of aromatic nitrogens is 2. The van der Waals surface area contributed by atoms with Crippen molar-refractivity contribution in [3.05, 3.63) is 36.2 Å². The summed E-state index contributed by atoms with van der Waals surface area (Å²) >= 11 is 0. The Bertz CT molecular complexity index is 643. The van der Waals surface area contributed by atoms with Crippen molar-refractivity contribution in [1.82, 2.24) is 9.97 Å². The minimum absolute atomic E-state index is 0.108. The van der Waals surface area contributed by atoms with Crippen LogP contribution in [0.4, 0.5) is 0 Å². The van der Waals surface area contributed by atoms with Gasteiger partial charge in [0.1, 0.15) is 12.3 Å². The Balaban J connectivity index is 1.97. The van der Waals surface area contributed by atoms with Gasteiger partial charge in [-0.3, -0.25) is 0 Å². The Morgan fingerprint density at radius 3 is 2.79 bits per heavy atom. The molecular formula is C15H17N3O. The van der Waals surface area contributed by atoms with Crippen LogP contribution in [-0.2, 0) is 4.74 Å². The van der Waals surface area contributed by atoms with Crippen LogP contribution in [0.15, 0.2) is 35.5 Å². The van der Waals surface area contributed by atoms with E-state index in [0.717, 1.165) is 16.7 Å². The molecule has 1 aliphatic heterocycles. The molecule has 0 N–H and O–H groups in total. The van der Waals surface area contributed by atoms with E-state index in [4.69, 9.17) is 4.74 Å². The van der Waals surface area contributed by atoms with Crippen LogP contribution < -0.4 is 0 Å². The second-order valence-corrected chi connectivity index (χ2v) is 5.87. The van der Waals surface area contributed by atoms with E-state index in [0.29, 0.717) is 12.5 Å². The van der Waals surface area contributed by atoms with E-state index in [1.807, 2.05) is 24.3 Å². The quantitative estimate of drug-likeness (QED) is 0.787. The Labute approximate surface area is 112 Å². The molecule has 0 fully saturated rings. The van der Waals surface area contributed by atoms with Gasteiger partial charge in [0, 0.05) is 11.6 Å². The zero-order valence-corrected chi connectivity index (χ0v) is 11.4. The van der Waals surface area contributed by atoms with E-state index in [1.54, 1.807) is 6.20 Å². The second kappa shape index (κ2) is 4.30. The van der Waals surface area contributed by atoms with Gasteiger partial charge in [-0.1, -0.05) is 20.8 Å². The van der Waals surface area contributed by atoms with Crippen molar-refractivity contribution in [2.75, 3.05) is 6.61 Å². The summed E-state index contributed by atoms with van der Waals surface area (Å²) in [4.78, 5) is 13.4. The monoisotopic (exact) mass is 255 g/mol. The Morgan fingerprint density at radius 1 is 1.21 bits per heavy atom. The van der Waals surface area contributed by atoms with E-state index in [2.05, 4.69) is 35.7 Å².